The second-order valence-electron chi connectivity index (χ2n) is 6.28. The number of benzene rings is 1. The first-order valence-electron chi connectivity index (χ1n) is 7.20. The SMILES string of the molecule is CC(C)(C)OC(=O)N1C(c2ccc([N+](=O)[O-])cc2)SC[C@H]1C(=O)O. The summed E-state index contributed by atoms with van der Waals surface area (Å²) in [5.74, 6) is -0.895. The van der Waals surface area contributed by atoms with Crippen molar-refractivity contribution >= 4 is 29.5 Å². The first kappa shape index (κ1) is 18.1. The summed E-state index contributed by atoms with van der Waals surface area (Å²) in [6.07, 6.45) is -0.719. The second kappa shape index (κ2) is 6.68. The number of carboxylic acid groups (broad SMARTS) is 1. The highest BCUT2D eigenvalue weighted by Gasteiger charge is 2.44. The van der Waals surface area contributed by atoms with E-state index in [1.165, 1.54) is 40.9 Å². The molecular formula is C15H18N2O6S. The molecule has 1 saturated heterocycles. The molecule has 0 bridgehead atoms. The van der Waals surface area contributed by atoms with E-state index in [1.54, 1.807) is 20.8 Å². The number of hydrogen-bond donors (Lipinski definition) is 1. The smallest absolute Gasteiger partial charge is 0.412 e. The monoisotopic (exact) mass is 354 g/mol. The van der Waals surface area contributed by atoms with Crippen molar-refractivity contribution in [1.82, 2.24) is 4.90 Å². The molecule has 1 amide bonds. The number of carbonyl (C=O) groups is 2. The van der Waals surface area contributed by atoms with Crippen LogP contribution in [-0.2, 0) is 9.53 Å². The van der Waals surface area contributed by atoms with Crippen molar-refractivity contribution in [3.63, 3.8) is 0 Å². The Bertz CT molecular complexity index is 655. The van der Waals surface area contributed by atoms with Crippen LogP contribution in [0.15, 0.2) is 24.3 Å². The normalized spacial score (nSPS) is 20.7. The van der Waals surface area contributed by atoms with E-state index in [2.05, 4.69) is 0 Å². The maximum Gasteiger partial charge on any atom is 0.412 e. The molecular weight excluding hydrogens is 336 g/mol. The largest absolute Gasteiger partial charge is 0.480 e. The fourth-order valence-electron chi connectivity index (χ4n) is 2.25. The third-order valence-corrected chi connectivity index (χ3v) is 4.60. The van der Waals surface area contributed by atoms with Crippen LogP contribution < -0.4 is 0 Å². The van der Waals surface area contributed by atoms with Gasteiger partial charge in [0, 0.05) is 17.9 Å². The molecule has 130 valence electrons. The molecule has 0 aromatic heterocycles. The quantitative estimate of drug-likeness (QED) is 0.656. The van der Waals surface area contributed by atoms with E-state index in [-0.39, 0.29) is 11.4 Å². The van der Waals surface area contributed by atoms with Crippen LogP contribution in [0.5, 0.6) is 0 Å². The van der Waals surface area contributed by atoms with E-state index < -0.39 is 34.0 Å². The molecule has 8 nitrogen and oxygen atoms in total. The summed E-state index contributed by atoms with van der Waals surface area (Å²) in [6.45, 7) is 5.10. The van der Waals surface area contributed by atoms with E-state index in [9.17, 15) is 24.8 Å². The molecule has 1 heterocycles. The Kier molecular flexibility index (Phi) is 5.02. The molecule has 0 aliphatic carbocycles. The van der Waals surface area contributed by atoms with Crippen molar-refractivity contribution in [3.8, 4) is 0 Å². The molecule has 9 heteroatoms. The van der Waals surface area contributed by atoms with Gasteiger partial charge in [0.1, 0.15) is 17.0 Å². The van der Waals surface area contributed by atoms with Gasteiger partial charge in [0.25, 0.3) is 5.69 Å². The lowest BCUT2D eigenvalue weighted by Crippen LogP contribution is -2.45. The molecule has 0 radical (unpaired) electrons. The van der Waals surface area contributed by atoms with E-state index in [1.807, 2.05) is 0 Å². The lowest BCUT2D eigenvalue weighted by Gasteiger charge is -2.30. The number of carbonyl (C=O) groups excluding carboxylic acids is 1. The van der Waals surface area contributed by atoms with Crippen LogP contribution in [0.1, 0.15) is 31.7 Å². The van der Waals surface area contributed by atoms with Gasteiger partial charge in [0.2, 0.25) is 0 Å². The molecule has 1 fully saturated rings. The number of rotatable bonds is 3. The van der Waals surface area contributed by atoms with Crippen molar-refractivity contribution < 1.29 is 24.4 Å². The molecule has 1 aliphatic rings. The Morgan fingerprint density at radius 2 is 1.92 bits per heavy atom. The molecule has 2 atom stereocenters. The van der Waals surface area contributed by atoms with Gasteiger partial charge in [0.05, 0.1) is 4.92 Å². The minimum Gasteiger partial charge on any atom is -0.480 e. The highest BCUT2D eigenvalue weighted by atomic mass is 32.2. The Morgan fingerprint density at radius 3 is 2.38 bits per heavy atom. The number of nitro groups is 1. The Hall–Kier alpha value is -2.29. The number of ether oxygens (including phenoxy) is 1. The summed E-state index contributed by atoms with van der Waals surface area (Å²) in [4.78, 5) is 35.3. The molecule has 0 spiro atoms. The summed E-state index contributed by atoms with van der Waals surface area (Å²) in [7, 11) is 0. The lowest BCUT2D eigenvalue weighted by atomic mass is 10.1. The molecule has 1 aromatic carbocycles. The number of hydrogen-bond acceptors (Lipinski definition) is 6. The zero-order valence-corrected chi connectivity index (χ0v) is 14.3. The summed E-state index contributed by atoms with van der Waals surface area (Å²) in [5, 5.41) is 19.5. The Balaban J connectivity index is 2.31. The second-order valence-corrected chi connectivity index (χ2v) is 7.39. The van der Waals surface area contributed by atoms with E-state index in [0.29, 0.717) is 5.56 Å². The van der Waals surface area contributed by atoms with Gasteiger partial charge in [-0.05, 0) is 38.5 Å². The highest BCUT2D eigenvalue weighted by molar-refractivity contribution is 7.99. The van der Waals surface area contributed by atoms with E-state index in [4.69, 9.17) is 4.74 Å². The summed E-state index contributed by atoms with van der Waals surface area (Å²) < 4.78 is 5.32. The number of non-ortho nitro benzene ring substituents is 1. The number of amides is 1. The van der Waals surface area contributed by atoms with Gasteiger partial charge < -0.3 is 9.84 Å². The third kappa shape index (κ3) is 3.97. The van der Waals surface area contributed by atoms with Crippen LogP contribution >= 0.6 is 11.8 Å². The van der Waals surface area contributed by atoms with Crippen molar-refractivity contribution in [2.75, 3.05) is 5.75 Å². The maximum absolute atomic E-state index is 12.5. The van der Waals surface area contributed by atoms with Crippen molar-refractivity contribution in [2.24, 2.45) is 0 Å². The van der Waals surface area contributed by atoms with Gasteiger partial charge in [-0.15, -0.1) is 11.8 Å². The van der Waals surface area contributed by atoms with Crippen LogP contribution in [0.4, 0.5) is 10.5 Å². The molecule has 2 rings (SSSR count). The van der Waals surface area contributed by atoms with Crippen LogP contribution in [0.2, 0.25) is 0 Å². The maximum atomic E-state index is 12.5. The van der Waals surface area contributed by atoms with Gasteiger partial charge >= 0.3 is 12.1 Å². The van der Waals surface area contributed by atoms with Gasteiger partial charge in [-0.2, -0.15) is 0 Å². The van der Waals surface area contributed by atoms with E-state index >= 15 is 0 Å². The van der Waals surface area contributed by atoms with Crippen molar-refractivity contribution in [2.45, 2.75) is 37.8 Å². The Morgan fingerprint density at radius 1 is 1.33 bits per heavy atom. The third-order valence-electron chi connectivity index (χ3n) is 3.28. The minimum absolute atomic E-state index is 0.0691. The standard InChI is InChI=1S/C15H18N2O6S/c1-15(2,3)23-14(20)16-11(13(18)19)8-24-12(16)9-4-6-10(7-5-9)17(21)22/h4-7,11-12H,8H2,1-3H3,(H,18,19)/t11-,12?/m0/s1. The molecule has 1 N–H and O–H groups in total. The zero-order chi connectivity index (χ0) is 18.1. The van der Waals surface area contributed by atoms with E-state index in [0.717, 1.165) is 0 Å². The van der Waals surface area contributed by atoms with Crippen LogP contribution in [0.3, 0.4) is 0 Å². The summed E-state index contributed by atoms with van der Waals surface area (Å²) >= 11 is 1.28. The van der Waals surface area contributed by atoms with Gasteiger partial charge in [0.15, 0.2) is 0 Å². The molecule has 1 aromatic rings. The minimum atomic E-state index is -1.11. The number of nitrogens with zero attached hydrogens (tertiary/aromatic N) is 2. The van der Waals surface area contributed by atoms with Gasteiger partial charge in [-0.25, -0.2) is 9.59 Å². The number of carboxylic acids is 1. The van der Waals surface area contributed by atoms with Crippen LogP contribution in [-0.4, -0.2) is 44.4 Å². The number of thioether (sulfide) groups is 1. The van der Waals surface area contributed by atoms with Crippen LogP contribution in [0.25, 0.3) is 0 Å². The van der Waals surface area contributed by atoms with Crippen molar-refractivity contribution in [1.29, 1.82) is 0 Å². The lowest BCUT2D eigenvalue weighted by molar-refractivity contribution is -0.384. The predicted octanol–water partition coefficient (Wildman–Crippen LogP) is 3.03. The predicted molar refractivity (Wildman–Crippen MR) is 87.8 cm³/mol. The first-order valence-corrected chi connectivity index (χ1v) is 8.25. The molecule has 1 aliphatic heterocycles. The number of nitro benzene ring substituents is 1. The van der Waals surface area contributed by atoms with Crippen LogP contribution in [0, 0.1) is 10.1 Å². The number of aliphatic carboxylic acids is 1. The average Bonchev–Trinajstić information content (AvgIpc) is 2.90. The summed E-state index contributed by atoms with van der Waals surface area (Å²) in [6, 6.07) is 4.70. The fraction of sp³-hybridized carbons (Fsp3) is 0.467. The Labute approximate surface area is 142 Å². The zero-order valence-electron chi connectivity index (χ0n) is 13.5. The molecule has 24 heavy (non-hydrogen) atoms. The average molecular weight is 354 g/mol. The van der Waals surface area contributed by atoms with Gasteiger partial charge in [-0.3, -0.25) is 15.0 Å². The topological polar surface area (TPSA) is 110 Å². The van der Waals surface area contributed by atoms with Crippen molar-refractivity contribution in [3.05, 3.63) is 39.9 Å². The molecule has 1 unspecified atom stereocenters. The first-order chi connectivity index (χ1) is 11.1. The summed E-state index contributed by atoms with van der Waals surface area (Å²) in [5.41, 5.74) is -0.214. The highest BCUT2D eigenvalue weighted by Crippen LogP contribution is 2.42. The molecule has 0 saturated carbocycles. The fourth-order valence-corrected chi connectivity index (χ4v) is 3.66. The van der Waals surface area contributed by atoms with Gasteiger partial charge in [-0.1, -0.05) is 0 Å².